The highest BCUT2D eigenvalue weighted by Crippen LogP contribution is 2.35. The van der Waals surface area contributed by atoms with E-state index in [2.05, 4.69) is 47.9 Å². The van der Waals surface area contributed by atoms with Crippen LogP contribution >= 0.6 is 0 Å². The number of ether oxygens (including phenoxy) is 2. The minimum absolute atomic E-state index is 0.0167. The van der Waals surface area contributed by atoms with Crippen molar-refractivity contribution in [2.75, 3.05) is 33.4 Å². The molecule has 0 bridgehead atoms. The van der Waals surface area contributed by atoms with E-state index in [1.165, 1.54) is 13.5 Å². The maximum absolute atomic E-state index is 13.9. The summed E-state index contributed by atoms with van der Waals surface area (Å²) in [5.74, 6) is 1.59. The predicted octanol–water partition coefficient (Wildman–Crippen LogP) is 4.80. The van der Waals surface area contributed by atoms with Gasteiger partial charge in [0.1, 0.15) is 17.7 Å². The fourth-order valence-corrected chi connectivity index (χ4v) is 7.38. The van der Waals surface area contributed by atoms with Gasteiger partial charge in [-0.15, -0.1) is 10.2 Å². The number of methoxy groups -OCH3 is 1. The number of H-pyrrole nitrogens is 2. The molecule has 3 atom stereocenters. The summed E-state index contributed by atoms with van der Waals surface area (Å²) in [6, 6.07) is 13.6. The molecule has 2 amide bonds. The molecule has 248 valence electrons. The van der Waals surface area contributed by atoms with Crippen LogP contribution in [0.4, 0.5) is 4.79 Å². The van der Waals surface area contributed by atoms with Gasteiger partial charge in [-0.1, -0.05) is 18.2 Å². The number of imidazole rings is 2. The maximum atomic E-state index is 13.9. The number of carbonyl (C=O) groups excluding carboxylic acids is 2. The third-order valence-electron chi connectivity index (χ3n) is 9.99. The zero-order valence-electron chi connectivity index (χ0n) is 26.9. The first-order valence-electron chi connectivity index (χ1n) is 16.8. The van der Waals surface area contributed by atoms with Gasteiger partial charge in [0.15, 0.2) is 0 Å². The minimum Gasteiger partial charge on any atom is -0.453 e. The fraction of sp³-hybridized carbons (Fsp3) is 0.429. The standard InChI is InChI=1S/C35H39N9O4/c1-47-35(46)41-31(20-10-14-48-15-11-20)34(45)44-13-3-5-30(44)33-38-24-9-8-22(18-28(24)39-33)26-16-21-6-7-23(17-27(21)43-42-26)29-19-37-32(40-29)25-4-2-12-36-25/h6-9,16-20,25,30-31,36H,2-5,10-15H2,1H3,(H,37,40)(H,38,39)(H,41,46)/t25-,30-,31-/m0/s1. The van der Waals surface area contributed by atoms with Gasteiger partial charge in [0.25, 0.3) is 0 Å². The van der Waals surface area contributed by atoms with E-state index in [9.17, 15) is 9.59 Å². The molecule has 3 aromatic heterocycles. The molecule has 6 heterocycles. The first kappa shape index (κ1) is 30.5. The molecule has 4 N–H and O–H groups in total. The second-order valence-electron chi connectivity index (χ2n) is 12.9. The molecular weight excluding hydrogens is 610 g/mol. The lowest BCUT2D eigenvalue weighted by atomic mass is 9.90. The average Bonchev–Trinajstić information content (AvgIpc) is 3.96. The average molecular weight is 650 g/mol. The molecule has 3 aliphatic rings. The number of fused-ring (bicyclic) bond motifs is 2. The Hall–Kier alpha value is -4.88. The molecule has 3 fully saturated rings. The molecule has 0 radical (unpaired) electrons. The van der Waals surface area contributed by atoms with Crippen LogP contribution in [0.25, 0.3) is 44.5 Å². The van der Waals surface area contributed by atoms with Crippen LogP contribution in [-0.2, 0) is 14.3 Å². The van der Waals surface area contributed by atoms with Crippen molar-refractivity contribution in [3.63, 3.8) is 0 Å². The van der Waals surface area contributed by atoms with Crippen LogP contribution in [0.2, 0.25) is 0 Å². The van der Waals surface area contributed by atoms with Crippen LogP contribution < -0.4 is 10.6 Å². The number of alkyl carbamates (subject to hydrolysis) is 1. The van der Waals surface area contributed by atoms with Crippen LogP contribution in [0.15, 0.2) is 48.7 Å². The number of nitrogens with one attached hydrogen (secondary N) is 4. The first-order chi connectivity index (χ1) is 23.5. The highest BCUT2D eigenvalue weighted by atomic mass is 16.5. The van der Waals surface area contributed by atoms with Gasteiger partial charge >= 0.3 is 6.09 Å². The largest absolute Gasteiger partial charge is 0.453 e. The fourth-order valence-electron chi connectivity index (χ4n) is 7.38. The second-order valence-corrected chi connectivity index (χ2v) is 12.9. The molecule has 3 saturated heterocycles. The van der Waals surface area contributed by atoms with Crippen LogP contribution in [-0.4, -0.2) is 86.5 Å². The number of hydrogen-bond donors (Lipinski definition) is 4. The molecule has 2 aromatic carbocycles. The SMILES string of the molecule is COC(=O)N[C@H](C(=O)N1CCC[C@H]1c1nc2ccc(-c3cc4ccc(-c5cnc([C@@H]6CCCN6)[nH]5)cc4nn3)cc2[nH]1)C1CCOCC1. The number of nitrogens with zero attached hydrogens (tertiary/aromatic N) is 5. The summed E-state index contributed by atoms with van der Waals surface area (Å²) in [4.78, 5) is 44.5. The van der Waals surface area contributed by atoms with Crippen molar-refractivity contribution in [1.82, 2.24) is 45.7 Å². The molecule has 0 spiro atoms. The molecule has 3 aliphatic heterocycles. The van der Waals surface area contributed by atoms with Gasteiger partial charge in [0.05, 0.1) is 53.3 Å². The van der Waals surface area contributed by atoms with Crippen molar-refractivity contribution >= 4 is 33.9 Å². The van der Waals surface area contributed by atoms with Crippen molar-refractivity contribution in [2.45, 2.75) is 56.7 Å². The van der Waals surface area contributed by atoms with E-state index in [0.29, 0.717) is 32.6 Å². The summed E-state index contributed by atoms with van der Waals surface area (Å²) in [5, 5.41) is 16.4. The highest BCUT2D eigenvalue weighted by Gasteiger charge is 2.40. The monoisotopic (exact) mass is 649 g/mol. The summed E-state index contributed by atoms with van der Waals surface area (Å²) in [7, 11) is 1.31. The van der Waals surface area contributed by atoms with Gasteiger partial charge in [0.2, 0.25) is 5.91 Å². The number of aromatic amines is 2. The Labute approximate surface area is 277 Å². The van der Waals surface area contributed by atoms with Crippen LogP contribution in [0.1, 0.15) is 62.3 Å². The number of carbonyl (C=O) groups is 2. The zero-order valence-corrected chi connectivity index (χ0v) is 26.9. The minimum atomic E-state index is -0.674. The summed E-state index contributed by atoms with van der Waals surface area (Å²) in [6.45, 7) is 2.76. The smallest absolute Gasteiger partial charge is 0.407 e. The van der Waals surface area contributed by atoms with E-state index in [-0.39, 0.29) is 23.9 Å². The van der Waals surface area contributed by atoms with Crippen molar-refractivity contribution < 1.29 is 19.1 Å². The first-order valence-corrected chi connectivity index (χ1v) is 16.8. The quantitative estimate of drug-likeness (QED) is 0.194. The van der Waals surface area contributed by atoms with E-state index >= 15 is 0 Å². The lowest BCUT2D eigenvalue weighted by molar-refractivity contribution is -0.136. The number of rotatable bonds is 7. The third-order valence-corrected chi connectivity index (χ3v) is 9.99. The summed E-state index contributed by atoms with van der Waals surface area (Å²) in [6.07, 6.45) is 6.58. The topological polar surface area (TPSA) is 163 Å². The molecule has 13 heteroatoms. The van der Waals surface area contributed by atoms with Gasteiger partial charge in [-0.05, 0) is 75.3 Å². The van der Waals surface area contributed by atoms with Crippen LogP contribution in [0.3, 0.4) is 0 Å². The van der Waals surface area contributed by atoms with E-state index in [1.807, 2.05) is 41.4 Å². The van der Waals surface area contributed by atoms with Gasteiger partial charge < -0.3 is 35.0 Å². The second kappa shape index (κ2) is 13.0. The Kier molecular flexibility index (Phi) is 8.22. The lowest BCUT2D eigenvalue weighted by Crippen LogP contribution is -2.53. The third kappa shape index (κ3) is 5.88. The number of likely N-dealkylation sites (tertiary alicyclic amines) is 1. The molecule has 0 unspecified atom stereocenters. The Balaban J connectivity index is 1.02. The normalized spacial score (nSPS) is 20.8. The van der Waals surface area contributed by atoms with E-state index < -0.39 is 12.1 Å². The Morgan fingerprint density at radius 1 is 0.958 bits per heavy atom. The Morgan fingerprint density at radius 2 is 1.83 bits per heavy atom. The van der Waals surface area contributed by atoms with Crippen LogP contribution in [0, 0.1) is 5.92 Å². The highest BCUT2D eigenvalue weighted by molar-refractivity contribution is 5.88. The van der Waals surface area contributed by atoms with Gasteiger partial charge in [-0.25, -0.2) is 14.8 Å². The predicted molar refractivity (Wildman–Crippen MR) is 179 cm³/mol. The van der Waals surface area contributed by atoms with Crippen molar-refractivity contribution in [2.24, 2.45) is 5.92 Å². The Morgan fingerprint density at radius 3 is 2.67 bits per heavy atom. The Bertz CT molecular complexity index is 1960. The number of aromatic nitrogens is 6. The molecule has 48 heavy (non-hydrogen) atoms. The molecule has 0 saturated carbocycles. The van der Waals surface area contributed by atoms with Gasteiger partial charge in [-0.2, -0.15) is 0 Å². The number of amides is 2. The van der Waals surface area contributed by atoms with Gasteiger partial charge in [-0.3, -0.25) is 4.79 Å². The maximum Gasteiger partial charge on any atom is 0.407 e. The van der Waals surface area contributed by atoms with Crippen molar-refractivity contribution in [3.05, 3.63) is 60.3 Å². The van der Waals surface area contributed by atoms with Crippen molar-refractivity contribution in [1.29, 1.82) is 0 Å². The molecule has 5 aromatic rings. The molecule has 13 nitrogen and oxygen atoms in total. The zero-order chi connectivity index (χ0) is 32.6. The van der Waals surface area contributed by atoms with E-state index in [0.717, 1.165) is 81.9 Å². The van der Waals surface area contributed by atoms with Gasteiger partial charge in [0, 0.05) is 36.3 Å². The molecule has 0 aliphatic carbocycles. The van der Waals surface area contributed by atoms with Crippen LogP contribution in [0.5, 0.6) is 0 Å². The van der Waals surface area contributed by atoms with Crippen molar-refractivity contribution in [3.8, 4) is 22.5 Å². The van der Waals surface area contributed by atoms with E-state index in [4.69, 9.17) is 14.5 Å². The summed E-state index contributed by atoms with van der Waals surface area (Å²) in [5.41, 5.74) is 6.14. The summed E-state index contributed by atoms with van der Waals surface area (Å²) < 4.78 is 10.4. The van der Waals surface area contributed by atoms with E-state index in [1.54, 1.807) is 0 Å². The lowest BCUT2D eigenvalue weighted by Gasteiger charge is -2.34. The number of hydrogen-bond acceptors (Lipinski definition) is 9. The molecule has 8 rings (SSSR count). The summed E-state index contributed by atoms with van der Waals surface area (Å²) >= 11 is 0. The number of benzene rings is 2. The molecular formula is C35H39N9O4.